The Balaban J connectivity index is 1.35. The summed E-state index contributed by atoms with van der Waals surface area (Å²) in [7, 11) is -3.77. The molecule has 3 unspecified atom stereocenters. The maximum Gasteiger partial charge on any atom is 0.310 e. The van der Waals surface area contributed by atoms with E-state index in [4.69, 9.17) is 9.47 Å². The van der Waals surface area contributed by atoms with Gasteiger partial charge in [0.05, 0.1) is 33.8 Å². The number of hydrogen-bond donors (Lipinski definition) is 3. The molecular formula is C43H58N4O7S2. The molecule has 1 saturated heterocycles. The van der Waals surface area contributed by atoms with Crippen molar-refractivity contribution in [2.45, 2.75) is 81.5 Å². The predicted molar refractivity (Wildman–Crippen MR) is 222 cm³/mol. The van der Waals surface area contributed by atoms with Crippen LogP contribution in [-0.4, -0.2) is 77.6 Å². The number of carbonyl (C=O) groups excluding carboxylic acids is 3. The van der Waals surface area contributed by atoms with Crippen LogP contribution < -0.4 is 25.6 Å². The molecule has 2 aliphatic rings. The summed E-state index contributed by atoms with van der Waals surface area (Å²) < 4.78 is 40.3. The Bertz CT molecular complexity index is 1880. The second-order valence-electron chi connectivity index (χ2n) is 14.9. The highest BCUT2D eigenvalue weighted by molar-refractivity contribution is 7.98. The van der Waals surface area contributed by atoms with Gasteiger partial charge in [0, 0.05) is 36.8 Å². The number of esters is 1. The first-order valence-corrected chi connectivity index (χ1v) is 22.8. The van der Waals surface area contributed by atoms with E-state index < -0.39 is 39.7 Å². The lowest BCUT2D eigenvalue weighted by atomic mass is 9.81. The number of thioether (sulfide) groups is 1. The van der Waals surface area contributed by atoms with Gasteiger partial charge < -0.3 is 30.3 Å². The Labute approximate surface area is 337 Å². The number of anilines is 2. The van der Waals surface area contributed by atoms with Crippen LogP contribution in [0.25, 0.3) is 0 Å². The molecule has 56 heavy (non-hydrogen) atoms. The molecule has 304 valence electrons. The van der Waals surface area contributed by atoms with Gasteiger partial charge in [0.15, 0.2) is 16.4 Å². The molecule has 2 amide bonds. The average molecular weight is 807 g/mol. The Hall–Kier alpha value is -4.07. The van der Waals surface area contributed by atoms with E-state index in [9.17, 15) is 22.8 Å². The first-order valence-electron chi connectivity index (χ1n) is 19.9. The molecule has 3 aromatic carbocycles. The van der Waals surface area contributed by atoms with Crippen molar-refractivity contribution in [1.82, 2.24) is 16.0 Å². The smallest absolute Gasteiger partial charge is 0.310 e. The number of fused-ring (bicyclic) bond motifs is 1. The summed E-state index contributed by atoms with van der Waals surface area (Å²) in [4.78, 5) is 43.2. The number of nitrogens with one attached hydrogen (secondary N) is 3. The third-order valence-electron chi connectivity index (χ3n) is 11.0. The van der Waals surface area contributed by atoms with Gasteiger partial charge >= 0.3 is 5.97 Å². The minimum Gasteiger partial charge on any atom is -0.483 e. The monoisotopic (exact) mass is 806 g/mol. The van der Waals surface area contributed by atoms with Crippen molar-refractivity contribution < 1.29 is 32.3 Å². The highest BCUT2D eigenvalue weighted by Gasteiger charge is 2.42. The van der Waals surface area contributed by atoms with E-state index in [1.54, 1.807) is 30.3 Å². The fourth-order valence-corrected chi connectivity index (χ4v) is 10.3. The van der Waals surface area contributed by atoms with Crippen molar-refractivity contribution >= 4 is 50.8 Å². The topological polar surface area (TPSA) is 143 Å². The molecule has 2 aliphatic heterocycles. The van der Waals surface area contributed by atoms with Gasteiger partial charge in [-0.05, 0) is 68.2 Å². The number of rotatable bonds is 18. The highest BCUT2D eigenvalue weighted by Crippen LogP contribution is 2.47. The number of unbranched alkanes of at least 4 members (excludes halogenated alkanes) is 2. The van der Waals surface area contributed by atoms with Crippen LogP contribution in [0.1, 0.15) is 77.3 Å². The van der Waals surface area contributed by atoms with E-state index in [1.807, 2.05) is 55.6 Å². The summed E-state index contributed by atoms with van der Waals surface area (Å²) in [5.74, 6) is -1.44. The SMILES string of the molecule is CCCCOC(=O)[C@H]1CNCCC1CNC(=O)C(NC(=O)COc1cc2c(cc1SC)N(c1ccccc1)CC(CC)(CCCC)CS2(=O)=O)c1ccccc1. The third kappa shape index (κ3) is 10.9. The Morgan fingerprint density at radius 2 is 1.71 bits per heavy atom. The number of ether oxygens (including phenoxy) is 2. The van der Waals surface area contributed by atoms with Crippen molar-refractivity contribution in [2.75, 3.05) is 56.3 Å². The van der Waals surface area contributed by atoms with Crippen LogP contribution in [0, 0.1) is 17.3 Å². The van der Waals surface area contributed by atoms with Crippen LogP contribution in [0.4, 0.5) is 11.4 Å². The van der Waals surface area contributed by atoms with Gasteiger partial charge in [-0.2, -0.15) is 0 Å². The van der Waals surface area contributed by atoms with Gasteiger partial charge in [-0.15, -0.1) is 11.8 Å². The van der Waals surface area contributed by atoms with Gasteiger partial charge in [-0.3, -0.25) is 14.4 Å². The zero-order chi connectivity index (χ0) is 40.1. The molecule has 4 atom stereocenters. The number of benzene rings is 3. The summed E-state index contributed by atoms with van der Waals surface area (Å²) in [5.41, 5.74) is 1.64. The van der Waals surface area contributed by atoms with Gasteiger partial charge in [0.25, 0.3) is 5.91 Å². The van der Waals surface area contributed by atoms with Crippen LogP contribution in [0.3, 0.4) is 0 Å². The molecule has 0 saturated carbocycles. The molecular weight excluding hydrogens is 749 g/mol. The summed E-state index contributed by atoms with van der Waals surface area (Å²) in [6, 6.07) is 21.2. The van der Waals surface area contributed by atoms with Crippen LogP contribution >= 0.6 is 11.8 Å². The van der Waals surface area contributed by atoms with E-state index in [1.165, 1.54) is 11.8 Å². The van der Waals surface area contributed by atoms with Gasteiger partial charge in [0.1, 0.15) is 11.8 Å². The Morgan fingerprint density at radius 3 is 2.39 bits per heavy atom. The van der Waals surface area contributed by atoms with E-state index in [2.05, 4.69) is 34.7 Å². The molecule has 11 nitrogen and oxygen atoms in total. The standard InChI is InChI=1S/C43H58N4O7S2/c1-5-8-21-43(7-3)29-47(33-18-14-11-15-19-33)35-24-37(55-4)36(25-38(35)56(51,52)30-43)54-28-39(48)46-40(31-16-12-10-13-17-31)41(49)45-26-32-20-22-44-27-34(32)42(50)53-23-9-6-2/h10-19,24-25,32,34,40,44H,5-9,20-23,26-30H2,1-4H3,(H,45,49)(H,46,48)/t32?,34-,40?,43?/m0/s1. The maximum atomic E-state index is 14.3. The van der Waals surface area contributed by atoms with Crippen LogP contribution in [0.15, 0.2) is 82.6 Å². The summed E-state index contributed by atoms with van der Waals surface area (Å²) in [6.45, 7) is 8.17. The van der Waals surface area contributed by atoms with E-state index in [0.29, 0.717) is 48.7 Å². The minimum absolute atomic E-state index is 0.0113. The molecule has 1 fully saturated rings. The molecule has 3 N–H and O–H groups in total. The van der Waals surface area contributed by atoms with Crippen molar-refractivity contribution in [1.29, 1.82) is 0 Å². The summed E-state index contributed by atoms with van der Waals surface area (Å²) >= 11 is 1.41. The fraction of sp³-hybridized carbons (Fsp3) is 0.512. The van der Waals surface area contributed by atoms with Gasteiger partial charge in [0.2, 0.25) is 5.91 Å². The number of piperidine rings is 1. The molecule has 0 bridgehead atoms. The molecule has 0 aliphatic carbocycles. The van der Waals surface area contributed by atoms with Crippen molar-refractivity contribution in [3.05, 3.63) is 78.4 Å². The molecule has 0 spiro atoms. The number of para-hydroxylation sites is 1. The second-order valence-corrected chi connectivity index (χ2v) is 17.7. The van der Waals surface area contributed by atoms with E-state index in [0.717, 1.165) is 44.3 Å². The number of amides is 2. The lowest BCUT2D eigenvalue weighted by Crippen LogP contribution is -2.48. The first kappa shape index (κ1) is 43.1. The quantitative estimate of drug-likeness (QED) is 0.0711. The van der Waals surface area contributed by atoms with Crippen molar-refractivity contribution in [3.63, 3.8) is 0 Å². The molecule has 0 radical (unpaired) electrons. The molecule has 0 aromatic heterocycles. The van der Waals surface area contributed by atoms with Crippen LogP contribution in [0.5, 0.6) is 5.75 Å². The first-order chi connectivity index (χ1) is 27.0. The number of carbonyl (C=O) groups is 3. The minimum atomic E-state index is -3.77. The predicted octanol–water partition coefficient (Wildman–Crippen LogP) is 6.84. The average Bonchev–Trinajstić information content (AvgIpc) is 3.32. The Kier molecular flexibility index (Phi) is 15.7. The number of sulfone groups is 1. The lowest BCUT2D eigenvalue weighted by molar-refractivity contribution is -0.151. The number of hydrogen-bond acceptors (Lipinski definition) is 10. The second kappa shape index (κ2) is 20.4. The molecule has 13 heteroatoms. The van der Waals surface area contributed by atoms with Crippen molar-refractivity contribution in [3.8, 4) is 5.75 Å². The van der Waals surface area contributed by atoms with E-state index >= 15 is 0 Å². The highest BCUT2D eigenvalue weighted by atomic mass is 32.2. The zero-order valence-electron chi connectivity index (χ0n) is 33.2. The van der Waals surface area contributed by atoms with Crippen LogP contribution in [0.2, 0.25) is 0 Å². The largest absolute Gasteiger partial charge is 0.483 e. The molecule has 3 aromatic rings. The van der Waals surface area contributed by atoms with Crippen molar-refractivity contribution in [2.24, 2.45) is 17.3 Å². The normalized spacial score (nSPS) is 20.9. The van der Waals surface area contributed by atoms with Gasteiger partial charge in [-0.25, -0.2) is 8.42 Å². The zero-order valence-corrected chi connectivity index (χ0v) is 34.8. The molecule has 5 rings (SSSR count). The summed E-state index contributed by atoms with van der Waals surface area (Å²) in [5, 5.41) is 9.08. The fourth-order valence-electron chi connectivity index (χ4n) is 7.62. The molecule has 2 heterocycles. The number of nitrogens with zero attached hydrogens (tertiary/aromatic N) is 1. The summed E-state index contributed by atoms with van der Waals surface area (Å²) in [6.07, 6.45) is 7.70. The maximum absolute atomic E-state index is 14.3. The van der Waals surface area contributed by atoms with Crippen LogP contribution in [-0.2, 0) is 29.0 Å². The third-order valence-corrected chi connectivity index (χ3v) is 13.8. The van der Waals surface area contributed by atoms with Gasteiger partial charge in [-0.1, -0.05) is 88.6 Å². The van der Waals surface area contributed by atoms with E-state index in [-0.39, 0.29) is 40.7 Å². The Morgan fingerprint density at radius 1 is 1.00 bits per heavy atom. The lowest BCUT2D eigenvalue weighted by Gasteiger charge is -2.36.